The highest BCUT2D eigenvalue weighted by Crippen LogP contribution is 2.26. The number of anilines is 1. The van der Waals surface area contributed by atoms with Crippen molar-refractivity contribution in [3.05, 3.63) is 27.7 Å². The second-order valence-corrected chi connectivity index (χ2v) is 2.97. The van der Waals surface area contributed by atoms with Crippen LogP contribution in [-0.2, 0) is 5.33 Å². The number of halogens is 3. The average molecular weight is 253 g/mol. The largest absolute Gasteiger partial charge is 0.394 e. The molecule has 1 aromatic rings. The van der Waals surface area contributed by atoms with Gasteiger partial charge in [-0.1, -0.05) is 15.9 Å². The zero-order valence-electron chi connectivity index (χ0n) is 6.48. The Hall–Kier alpha value is -0.910. The third-order valence-electron chi connectivity index (χ3n) is 1.62. The molecule has 1 rings (SSSR count). The lowest BCUT2D eigenvalue weighted by Gasteiger charge is -2.07. The van der Waals surface area contributed by atoms with Crippen LogP contribution in [0.5, 0.6) is 0 Å². The van der Waals surface area contributed by atoms with Gasteiger partial charge < -0.3 is 10.7 Å². The first-order valence-corrected chi connectivity index (χ1v) is 4.54. The van der Waals surface area contributed by atoms with Crippen LogP contribution in [0.3, 0.4) is 0 Å². The van der Waals surface area contributed by atoms with E-state index >= 15 is 0 Å². The van der Waals surface area contributed by atoms with E-state index in [1.807, 2.05) is 0 Å². The molecule has 0 amide bonds. The number of H-pyrrole nitrogens is 1. The molecule has 0 bridgehead atoms. The zero-order chi connectivity index (χ0) is 10.0. The number of nitrogens with two attached hydrogens (primary N) is 1. The lowest BCUT2D eigenvalue weighted by Crippen LogP contribution is -2.16. The summed E-state index contributed by atoms with van der Waals surface area (Å²) < 4.78 is 24.8. The molecule has 0 radical (unpaired) electrons. The maximum atomic E-state index is 12.4. The van der Waals surface area contributed by atoms with Gasteiger partial charge in [-0.15, -0.1) is 0 Å². The van der Waals surface area contributed by atoms with Crippen molar-refractivity contribution in [1.29, 1.82) is 0 Å². The van der Waals surface area contributed by atoms with E-state index in [2.05, 4.69) is 20.9 Å². The number of nitrogen functional groups attached to an aromatic ring is 1. The van der Waals surface area contributed by atoms with Crippen molar-refractivity contribution in [3.63, 3.8) is 0 Å². The van der Waals surface area contributed by atoms with Gasteiger partial charge in [0.25, 0.3) is 12.0 Å². The van der Waals surface area contributed by atoms with E-state index in [-0.39, 0.29) is 10.9 Å². The zero-order valence-corrected chi connectivity index (χ0v) is 8.07. The molecular formula is C7H7BrF2N2O. The fourth-order valence-electron chi connectivity index (χ4n) is 0.972. The molecule has 0 aliphatic heterocycles. The Bertz CT molecular complexity index is 364. The third-order valence-corrected chi connectivity index (χ3v) is 2.22. The number of aromatic amines is 1. The molecule has 1 aromatic heterocycles. The Balaban J connectivity index is 3.41. The van der Waals surface area contributed by atoms with Crippen molar-refractivity contribution in [3.8, 4) is 0 Å². The Morgan fingerprint density at radius 3 is 2.69 bits per heavy atom. The summed E-state index contributed by atoms with van der Waals surface area (Å²) in [6.45, 7) is 0. The van der Waals surface area contributed by atoms with Crippen molar-refractivity contribution in [2.75, 3.05) is 5.73 Å². The molecule has 0 saturated heterocycles. The number of rotatable bonds is 2. The predicted molar refractivity (Wildman–Crippen MR) is 49.1 cm³/mol. The maximum absolute atomic E-state index is 12.4. The predicted octanol–water partition coefficient (Wildman–Crippen LogP) is 1.79. The van der Waals surface area contributed by atoms with Crippen LogP contribution in [-0.4, -0.2) is 4.98 Å². The van der Waals surface area contributed by atoms with E-state index in [1.165, 1.54) is 6.20 Å². The monoisotopic (exact) mass is 252 g/mol. The molecular weight excluding hydrogens is 246 g/mol. The van der Waals surface area contributed by atoms with Crippen LogP contribution in [0.1, 0.15) is 17.6 Å². The molecule has 0 aliphatic carbocycles. The van der Waals surface area contributed by atoms with Crippen molar-refractivity contribution >= 4 is 21.6 Å². The van der Waals surface area contributed by atoms with Crippen LogP contribution in [0.2, 0.25) is 0 Å². The minimum atomic E-state index is -2.73. The number of nitrogens with one attached hydrogen (secondary N) is 1. The quantitative estimate of drug-likeness (QED) is 0.789. The minimum Gasteiger partial charge on any atom is -0.394 e. The molecule has 72 valence electrons. The number of hydrogen-bond acceptors (Lipinski definition) is 2. The first kappa shape index (κ1) is 10.2. The van der Waals surface area contributed by atoms with Crippen LogP contribution < -0.4 is 11.3 Å². The highest BCUT2D eigenvalue weighted by atomic mass is 79.9. The first-order valence-electron chi connectivity index (χ1n) is 3.42. The van der Waals surface area contributed by atoms with E-state index in [4.69, 9.17) is 5.73 Å². The van der Waals surface area contributed by atoms with E-state index < -0.39 is 17.7 Å². The van der Waals surface area contributed by atoms with E-state index in [0.717, 1.165) is 0 Å². The smallest absolute Gasteiger partial charge is 0.271 e. The minimum absolute atomic E-state index is 0.230. The maximum Gasteiger partial charge on any atom is 0.271 e. The SMILES string of the molecule is Nc1c(C(F)F)c(CBr)c[nH]c1=O. The number of alkyl halides is 3. The van der Waals surface area contributed by atoms with Crippen molar-refractivity contribution in [2.24, 2.45) is 0 Å². The van der Waals surface area contributed by atoms with Gasteiger partial charge in [0, 0.05) is 11.5 Å². The summed E-state index contributed by atoms with van der Waals surface area (Å²) in [5.74, 6) is 0. The van der Waals surface area contributed by atoms with Gasteiger partial charge in [0.1, 0.15) is 5.69 Å². The fraction of sp³-hybridized carbons (Fsp3) is 0.286. The normalized spacial score (nSPS) is 10.8. The molecule has 13 heavy (non-hydrogen) atoms. The topological polar surface area (TPSA) is 58.9 Å². The molecule has 0 aromatic carbocycles. The molecule has 0 aliphatic rings. The second-order valence-electron chi connectivity index (χ2n) is 2.40. The van der Waals surface area contributed by atoms with E-state index in [0.29, 0.717) is 5.56 Å². The Kier molecular flexibility index (Phi) is 3.02. The van der Waals surface area contributed by atoms with Gasteiger partial charge in [0.05, 0.1) is 5.56 Å². The van der Waals surface area contributed by atoms with Gasteiger partial charge >= 0.3 is 0 Å². The summed E-state index contributed by atoms with van der Waals surface area (Å²) in [7, 11) is 0. The molecule has 0 atom stereocenters. The molecule has 0 fully saturated rings. The summed E-state index contributed by atoms with van der Waals surface area (Å²) in [6, 6.07) is 0. The standard InChI is InChI=1S/C7H7BrF2N2O/c8-1-3-2-12-7(13)5(11)4(3)6(9)10/h2,6H,1,11H2,(H,12,13). The second kappa shape index (κ2) is 3.87. The van der Waals surface area contributed by atoms with Crippen LogP contribution in [0.15, 0.2) is 11.0 Å². The van der Waals surface area contributed by atoms with Gasteiger partial charge in [-0.2, -0.15) is 0 Å². The van der Waals surface area contributed by atoms with Crippen LogP contribution in [0.4, 0.5) is 14.5 Å². The average Bonchev–Trinajstić information content (AvgIpc) is 2.08. The van der Waals surface area contributed by atoms with Gasteiger partial charge in [-0.25, -0.2) is 8.78 Å². The Morgan fingerprint density at radius 1 is 1.62 bits per heavy atom. The summed E-state index contributed by atoms with van der Waals surface area (Å²) in [5.41, 5.74) is 4.03. The third kappa shape index (κ3) is 1.88. The van der Waals surface area contributed by atoms with Gasteiger partial charge in [-0.05, 0) is 5.56 Å². The number of hydrogen-bond donors (Lipinski definition) is 2. The highest BCUT2D eigenvalue weighted by Gasteiger charge is 2.17. The summed E-state index contributed by atoms with van der Waals surface area (Å²) in [5, 5.41) is 0.230. The molecule has 0 saturated carbocycles. The van der Waals surface area contributed by atoms with Gasteiger partial charge in [-0.3, -0.25) is 4.79 Å². The number of aromatic nitrogens is 1. The lowest BCUT2D eigenvalue weighted by molar-refractivity contribution is 0.151. The van der Waals surface area contributed by atoms with E-state index in [9.17, 15) is 13.6 Å². The van der Waals surface area contributed by atoms with Gasteiger partial charge in [0.2, 0.25) is 0 Å². The molecule has 6 heteroatoms. The Morgan fingerprint density at radius 2 is 2.23 bits per heavy atom. The van der Waals surface area contributed by atoms with E-state index in [1.54, 1.807) is 0 Å². The van der Waals surface area contributed by atoms with Gasteiger partial charge in [0.15, 0.2) is 0 Å². The lowest BCUT2D eigenvalue weighted by atomic mass is 10.1. The molecule has 3 N–H and O–H groups in total. The first-order chi connectivity index (χ1) is 6.07. The summed E-state index contributed by atoms with van der Waals surface area (Å²) >= 11 is 3.02. The van der Waals surface area contributed by atoms with Crippen molar-refractivity contribution < 1.29 is 8.78 Å². The molecule has 0 spiro atoms. The Labute approximate surface area is 81.1 Å². The van der Waals surface area contributed by atoms with Crippen LogP contribution >= 0.6 is 15.9 Å². The highest BCUT2D eigenvalue weighted by molar-refractivity contribution is 9.08. The van der Waals surface area contributed by atoms with Crippen molar-refractivity contribution in [2.45, 2.75) is 11.8 Å². The molecule has 1 heterocycles. The summed E-state index contributed by atoms with van der Waals surface area (Å²) in [6.07, 6.45) is -1.50. The molecule has 0 unspecified atom stereocenters. The van der Waals surface area contributed by atoms with Crippen LogP contribution in [0.25, 0.3) is 0 Å². The number of pyridine rings is 1. The fourth-order valence-corrected chi connectivity index (χ4v) is 1.44. The molecule has 3 nitrogen and oxygen atoms in total. The van der Waals surface area contributed by atoms with Crippen molar-refractivity contribution in [1.82, 2.24) is 4.98 Å². The summed E-state index contributed by atoms with van der Waals surface area (Å²) in [4.78, 5) is 13.2. The van der Waals surface area contributed by atoms with Crippen LogP contribution in [0, 0.1) is 0 Å².